The molecule has 0 saturated heterocycles. The van der Waals surface area contributed by atoms with E-state index >= 15 is 0 Å². The maximum atomic E-state index is 9.74. The minimum Gasteiger partial charge on any atom is -0.491 e. The van der Waals surface area contributed by atoms with Crippen LogP contribution in [0.25, 0.3) is 0 Å². The first-order valence-corrected chi connectivity index (χ1v) is 5.12. The summed E-state index contributed by atoms with van der Waals surface area (Å²) >= 11 is 0. The predicted molar refractivity (Wildman–Crippen MR) is 58.8 cm³/mol. The molecule has 0 aromatic heterocycles. The summed E-state index contributed by atoms with van der Waals surface area (Å²) in [6.07, 6.45) is 0.646. The predicted octanol–water partition coefficient (Wildman–Crippen LogP) is 1.72. The second-order valence-corrected chi connectivity index (χ2v) is 3.94. The Labute approximate surface area is 90.3 Å². The number of aliphatic hydroxyl groups excluding tert-OH is 1. The molecule has 15 heavy (non-hydrogen) atoms. The monoisotopic (exact) mass is 210 g/mol. The third-order valence-corrected chi connectivity index (χ3v) is 2.39. The third kappa shape index (κ3) is 3.90. The van der Waals surface area contributed by atoms with Crippen LogP contribution in [-0.4, -0.2) is 22.4 Å². The summed E-state index contributed by atoms with van der Waals surface area (Å²) in [5.74, 6) is 0.676. The summed E-state index contributed by atoms with van der Waals surface area (Å²) < 4.78 is 5.44. The Kier molecular flexibility index (Phi) is 4.12. The van der Waals surface area contributed by atoms with Crippen molar-refractivity contribution in [2.45, 2.75) is 32.5 Å². The Bertz CT molecular complexity index is 307. The molecule has 0 radical (unpaired) electrons. The van der Waals surface area contributed by atoms with E-state index in [4.69, 9.17) is 9.84 Å². The molecule has 0 heterocycles. The van der Waals surface area contributed by atoms with E-state index in [0.717, 1.165) is 5.56 Å². The van der Waals surface area contributed by atoms with Crippen molar-refractivity contribution in [3.63, 3.8) is 0 Å². The van der Waals surface area contributed by atoms with Gasteiger partial charge in [-0.3, -0.25) is 0 Å². The molecule has 1 aromatic carbocycles. The van der Waals surface area contributed by atoms with Gasteiger partial charge in [-0.25, -0.2) is 0 Å². The first kappa shape index (κ1) is 12.0. The van der Waals surface area contributed by atoms with Crippen LogP contribution in [0.4, 0.5) is 0 Å². The van der Waals surface area contributed by atoms with Gasteiger partial charge in [0.05, 0.1) is 12.2 Å². The second kappa shape index (κ2) is 5.14. The Morgan fingerprint density at radius 3 is 2.73 bits per heavy atom. The fourth-order valence-electron chi connectivity index (χ4n) is 1.07. The van der Waals surface area contributed by atoms with Crippen LogP contribution in [0.3, 0.4) is 0 Å². The van der Waals surface area contributed by atoms with Crippen molar-refractivity contribution >= 4 is 0 Å². The molecule has 0 bridgehead atoms. The van der Waals surface area contributed by atoms with Crippen molar-refractivity contribution in [2.75, 3.05) is 6.61 Å². The molecule has 3 nitrogen and oxygen atoms in total. The lowest BCUT2D eigenvalue weighted by Crippen LogP contribution is -2.31. The first-order valence-electron chi connectivity index (χ1n) is 5.12. The highest BCUT2D eigenvalue weighted by atomic mass is 16.5. The van der Waals surface area contributed by atoms with Gasteiger partial charge in [0, 0.05) is 0 Å². The van der Waals surface area contributed by atoms with Crippen LogP contribution < -0.4 is 4.74 Å². The fraction of sp³-hybridized carbons (Fsp3) is 0.500. The van der Waals surface area contributed by atoms with Crippen LogP contribution in [-0.2, 0) is 6.61 Å². The SMILES string of the molecule is CCC(C)(O)COc1cccc(CO)c1. The summed E-state index contributed by atoms with van der Waals surface area (Å²) in [5.41, 5.74) is 0.0125. The molecule has 3 heteroatoms. The van der Waals surface area contributed by atoms with Gasteiger partial charge in [-0.1, -0.05) is 19.1 Å². The molecule has 1 atom stereocenters. The van der Waals surface area contributed by atoms with E-state index in [1.165, 1.54) is 0 Å². The van der Waals surface area contributed by atoms with Crippen molar-refractivity contribution in [1.82, 2.24) is 0 Å². The number of benzene rings is 1. The van der Waals surface area contributed by atoms with E-state index in [2.05, 4.69) is 0 Å². The molecule has 1 rings (SSSR count). The lowest BCUT2D eigenvalue weighted by Gasteiger charge is -2.21. The molecule has 0 amide bonds. The van der Waals surface area contributed by atoms with Gasteiger partial charge in [0.1, 0.15) is 12.4 Å². The highest BCUT2D eigenvalue weighted by molar-refractivity contribution is 5.28. The second-order valence-electron chi connectivity index (χ2n) is 3.94. The molecular formula is C12H18O3. The van der Waals surface area contributed by atoms with Gasteiger partial charge in [-0.05, 0) is 31.0 Å². The van der Waals surface area contributed by atoms with Gasteiger partial charge < -0.3 is 14.9 Å². The summed E-state index contributed by atoms with van der Waals surface area (Å²) in [4.78, 5) is 0. The van der Waals surface area contributed by atoms with Gasteiger partial charge in [0.2, 0.25) is 0 Å². The van der Waals surface area contributed by atoms with E-state index in [0.29, 0.717) is 12.2 Å². The zero-order valence-electron chi connectivity index (χ0n) is 9.23. The van der Waals surface area contributed by atoms with Crippen molar-refractivity contribution < 1.29 is 14.9 Å². The maximum absolute atomic E-state index is 9.74. The summed E-state index contributed by atoms with van der Waals surface area (Å²) in [6.45, 7) is 3.91. The number of aliphatic hydroxyl groups is 2. The lowest BCUT2D eigenvalue weighted by molar-refractivity contribution is 0.00842. The van der Waals surface area contributed by atoms with Crippen molar-refractivity contribution in [2.24, 2.45) is 0 Å². The Morgan fingerprint density at radius 1 is 1.40 bits per heavy atom. The van der Waals surface area contributed by atoms with Crippen LogP contribution in [0.1, 0.15) is 25.8 Å². The number of ether oxygens (including phenoxy) is 1. The van der Waals surface area contributed by atoms with Gasteiger partial charge in [-0.15, -0.1) is 0 Å². The van der Waals surface area contributed by atoms with Crippen molar-refractivity contribution in [3.05, 3.63) is 29.8 Å². The smallest absolute Gasteiger partial charge is 0.119 e. The molecule has 0 spiro atoms. The topological polar surface area (TPSA) is 49.7 Å². The minimum absolute atomic E-state index is 0.00136. The normalized spacial score (nSPS) is 14.7. The van der Waals surface area contributed by atoms with Crippen LogP contribution >= 0.6 is 0 Å². The molecular weight excluding hydrogens is 192 g/mol. The van der Waals surface area contributed by atoms with Crippen LogP contribution in [0, 0.1) is 0 Å². The fourth-order valence-corrected chi connectivity index (χ4v) is 1.07. The van der Waals surface area contributed by atoms with Crippen LogP contribution in [0.15, 0.2) is 24.3 Å². The standard InChI is InChI=1S/C12H18O3/c1-3-12(2,14)9-15-11-6-4-5-10(7-11)8-13/h4-7,13-14H,3,8-9H2,1-2H3. The average Bonchev–Trinajstić information content (AvgIpc) is 2.27. The Morgan fingerprint density at radius 2 is 2.13 bits per heavy atom. The van der Waals surface area contributed by atoms with Gasteiger partial charge in [0.25, 0.3) is 0 Å². The maximum Gasteiger partial charge on any atom is 0.119 e. The molecule has 2 N–H and O–H groups in total. The largest absolute Gasteiger partial charge is 0.491 e. The van der Waals surface area contributed by atoms with Gasteiger partial charge in [-0.2, -0.15) is 0 Å². The average molecular weight is 210 g/mol. The van der Waals surface area contributed by atoms with Gasteiger partial charge >= 0.3 is 0 Å². The molecule has 0 fully saturated rings. The zero-order chi connectivity index (χ0) is 11.3. The van der Waals surface area contributed by atoms with E-state index in [1.807, 2.05) is 25.1 Å². The Balaban J connectivity index is 2.57. The van der Waals surface area contributed by atoms with Crippen LogP contribution in [0.5, 0.6) is 5.75 Å². The highest BCUT2D eigenvalue weighted by Gasteiger charge is 2.18. The highest BCUT2D eigenvalue weighted by Crippen LogP contribution is 2.16. The van der Waals surface area contributed by atoms with Crippen LogP contribution in [0.2, 0.25) is 0 Å². The van der Waals surface area contributed by atoms with Crippen molar-refractivity contribution in [1.29, 1.82) is 0 Å². The zero-order valence-corrected chi connectivity index (χ0v) is 9.23. The van der Waals surface area contributed by atoms with Crippen molar-refractivity contribution in [3.8, 4) is 5.75 Å². The molecule has 0 aliphatic rings. The first-order chi connectivity index (χ1) is 7.07. The Hall–Kier alpha value is -1.06. The summed E-state index contributed by atoms with van der Waals surface area (Å²) in [5, 5.41) is 18.7. The number of hydrogen-bond acceptors (Lipinski definition) is 3. The minimum atomic E-state index is -0.796. The third-order valence-electron chi connectivity index (χ3n) is 2.39. The summed E-state index contributed by atoms with van der Waals surface area (Å²) in [6, 6.07) is 7.23. The number of hydrogen-bond donors (Lipinski definition) is 2. The number of rotatable bonds is 5. The molecule has 0 aliphatic carbocycles. The molecule has 84 valence electrons. The molecule has 0 saturated carbocycles. The van der Waals surface area contributed by atoms with E-state index in [1.54, 1.807) is 13.0 Å². The summed E-state index contributed by atoms with van der Waals surface area (Å²) in [7, 11) is 0. The molecule has 0 aliphatic heterocycles. The van der Waals surface area contributed by atoms with E-state index in [-0.39, 0.29) is 13.2 Å². The molecule has 1 aromatic rings. The quantitative estimate of drug-likeness (QED) is 0.778. The molecule has 1 unspecified atom stereocenters. The lowest BCUT2D eigenvalue weighted by atomic mass is 10.1. The van der Waals surface area contributed by atoms with E-state index in [9.17, 15) is 5.11 Å². The van der Waals surface area contributed by atoms with Gasteiger partial charge in [0.15, 0.2) is 0 Å². The van der Waals surface area contributed by atoms with E-state index < -0.39 is 5.60 Å².